The van der Waals surface area contributed by atoms with E-state index in [-0.39, 0.29) is 5.89 Å². The number of halogens is 1. The highest BCUT2D eigenvalue weighted by Gasteiger charge is 2.50. The molecule has 1 aliphatic carbocycles. The molecule has 0 atom stereocenters. The number of aromatic nitrogens is 6. The largest absolute Gasteiger partial charge is 0.497 e. The maximum atomic E-state index is 14.3. The van der Waals surface area contributed by atoms with Crippen molar-refractivity contribution in [1.29, 1.82) is 0 Å². The number of ether oxygens (including phenoxy) is 1. The van der Waals surface area contributed by atoms with Crippen molar-refractivity contribution in [3.8, 4) is 34.2 Å². The van der Waals surface area contributed by atoms with Gasteiger partial charge in [-0.3, -0.25) is 4.68 Å². The van der Waals surface area contributed by atoms with Gasteiger partial charge in [0, 0.05) is 30.8 Å². The van der Waals surface area contributed by atoms with E-state index in [2.05, 4.69) is 20.2 Å². The first-order valence-corrected chi connectivity index (χ1v) is 9.37. The summed E-state index contributed by atoms with van der Waals surface area (Å²) >= 11 is 0. The summed E-state index contributed by atoms with van der Waals surface area (Å²) in [5.41, 5.74) is 3.85. The van der Waals surface area contributed by atoms with Crippen LogP contribution in [-0.2, 0) is 19.1 Å². The van der Waals surface area contributed by atoms with Crippen molar-refractivity contribution in [1.82, 2.24) is 29.5 Å². The molecule has 0 N–H and O–H groups in total. The van der Waals surface area contributed by atoms with Crippen molar-refractivity contribution < 1.29 is 13.7 Å². The first kappa shape index (κ1) is 16.5. The van der Waals surface area contributed by atoms with Gasteiger partial charge in [0.2, 0.25) is 5.82 Å². The summed E-state index contributed by atoms with van der Waals surface area (Å²) < 4.78 is 28.7. The van der Waals surface area contributed by atoms with Crippen molar-refractivity contribution in [2.75, 3.05) is 7.11 Å². The number of hydrogen-bond acceptors (Lipinski definition) is 6. The second-order valence-corrected chi connectivity index (χ2v) is 7.53. The van der Waals surface area contributed by atoms with Gasteiger partial charge in [-0.05, 0) is 31.0 Å². The Kier molecular flexibility index (Phi) is 3.14. The third-order valence-corrected chi connectivity index (χ3v) is 5.56. The Morgan fingerprint density at radius 2 is 2.10 bits per heavy atom. The van der Waals surface area contributed by atoms with Crippen molar-refractivity contribution in [3.05, 3.63) is 47.9 Å². The van der Waals surface area contributed by atoms with Crippen LogP contribution in [0.4, 0.5) is 4.39 Å². The van der Waals surface area contributed by atoms with Crippen LogP contribution in [0.25, 0.3) is 28.5 Å². The fourth-order valence-electron chi connectivity index (χ4n) is 3.88. The Morgan fingerprint density at radius 3 is 2.90 bits per heavy atom. The van der Waals surface area contributed by atoms with Crippen LogP contribution < -0.4 is 4.74 Å². The van der Waals surface area contributed by atoms with E-state index in [4.69, 9.17) is 9.26 Å². The van der Waals surface area contributed by atoms with Crippen LogP contribution in [0.2, 0.25) is 0 Å². The van der Waals surface area contributed by atoms with Gasteiger partial charge in [-0.1, -0.05) is 5.16 Å². The van der Waals surface area contributed by atoms with Crippen LogP contribution in [0.15, 0.2) is 35.2 Å². The third-order valence-electron chi connectivity index (χ3n) is 5.56. The number of methoxy groups -OCH3 is 1. The minimum atomic E-state index is -1.47. The summed E-state index contributed by atoms with van der Waals surface area (Å²) in [6, 6.07) is 5.86. The lowest BCUT2D eigenvalue weighted by atomic mass is 10.0. The Hall–Kier alpha value is -3.49. The average molecular weight is 392 g/mol. The standard InChI is InChI=1S/C20H17FN6O2/c1-26-9-11-7-15-17(18-23-19(29-25-18)20(21)5-6-20)22-10-27(15)14-4-3-12(28-2)8-13(14)16(11)24-26/h3-4,8-10H,5-7H2,1-2H3. The van der Waals surface area contributed by atoms with E-state index >= 15 is 0 Å². The van der Waals surface area contributed by atoms with Crippen molar-refractivity contribution >= 4 is 0 Å². The number of rotatable bonds is 3. The molecule has 3 aromatic heterocycles. The highest BCUT2D eigenvalue weighted by Crippen LogP contribution is 2.49. The maximum absolute atomic E-state index is 14.3. The van der Waals surface area contributed by atoms with Gasteiger partial charge in [0.25, 0.3) is 5.89 Å². The fourth-order valence-corrected chi connectivity index (χ4v) is 3.88. The van der Waals surface area contributed by atoms with Crippen molar-refractivity contribution in [2.45, 2.75) is 24.9 Å². The molecule has 0 spiro atoms. The minimum Gasteiger partial charge on any atom is -0.497 e. The Bertz CT molecular complexity index is 1270. The third kappa shape index (κ3) is 2.36. The van der Waals surface area contributed by atoms with Gasteiger partial charge in [-0.25, -0.2) is 9.37 Å². The summed E-state index contributed by atoms with van der Waals surface area (Å²) in [6.45, 7) is 0. The van der Waals surface area contributed by atoms with E-state index in [1.54, 1.807) is 18.1 Å². The molecule has 0 bridgehead atoms. The molecule has 0 saturated heterocycles. The molecule has 29 heavy (non-hydrogen) atoms. The molecule has 4 aromatic rings. The quantitative estimate of drug-likeness (QED) is 0.469. The molecule has 1 fully saturated rings. The van der Waals surface area contributed by atoms with Crippen LogP contribution in [0.1, 0.15) is 30.0 Å². The van der Waals surface area contributed by atoms with E-state index in [9.17, 15) is 4.39 Å². The monoisotopic (exact) mass is 392 g/mol. The van der Waals surface area contributed by atoms with Crippen molar-refractivity contribution in [3.63, 3.8) is 0 Å². The van der Waals surface area contributed by atoms with Gasteiger partial charge < -0.3 is 13.8 Å². The van der Waals surface area contributed by atoms with Crippen molar-refractivity contribution in [2.24, 2.45) is 7.05 Å². The normalized spacial score (nSPS) is 16.0. The Morgan fingerprint density at radius 1 is 1.24 bits per heavy atom. The van der Waals surface area contributed by atoms with E-state index < -0.39 is 5.67 Å². The summed E-state index contributed by atoms with van der Waals surface area (Å²) in [4.78, 5) is 8.84. The minimum absolute atomic E-state index is 0.0371. The van der Waals surface area contributed by atoms with E-state index in [1.165, 1.54) is 0 Å². The topological polar surface area (TPSA) is 83.8 Å². The number of hydrogen-bond donors (Lipinski definition) is 0. The second-order valence-electron chi connectivity index (χ2n) is 7.53. The molecule has 0 radical (unpaired) electrons. The second kappa shape index (κ2) is 5.53. The molecule has 0 unspecified atom stereocenters. The Balaban J connectivity index is 1.55. The highest BCUT2D eigenvalue weighted by molar-refractivity contribution is 5.77. The number of alkyl halides is 1. The molecule has 8 nitrogen and oxygen atoms in total. The highest BCUT2D eigenvalue weighted by atomic mass is 19.1. The van der Waals surface area contributed by atoms with Gasteiger partial charge in [-0.2, -0.15) is 10.1 Å². The molecule has 1 aliphatic heterocycles. The van der Waals surface area contributed by atoms with E-state index in [0.717, 1.165) is 34.0 Å². The first-order chi connectivity index (χ1) is 14.1. The van der Waals surface area contributed by atoms with Gasteiger partial charge in [-0.15, -0.1) is 0 Å². The molecule has 146 valence electrons. The SMILES string of the molecule is COc1ccc2c(c1)-c1nn(C)cc1Cc1c(-c3noc(C4(F)CC4)n3)ncn1-2. The molecule has 2 aliphatic rings. The molecule has 9 heteroatoms. The Labute approximate surface area is 164 Å². The zero-order chi connectivity index (χ0) is 19.8. The molecule has 1 aromatic carbocycles. The van der Waals surface area contributed by atoms with Crippen LogP contribution in [0.5, 0.6) is 5.75 Å². The molecular weight excluding hydrogens is 375 g/mol. The summed E-state index contributed by atoms with van der Waals surface area (Å²) in [5.74, 6) is 1.10. The van der Waals surface area contributed by atoms with Gasteiger partial charge in [0.1, 0.15) is 17.8 Å². The van der Waals surface area contributed by atoms with E-state index in [0.29, 0.717) is 30.8 Å². The number of imidazole rings is 1. The smallest absolute Gasteiger partial charge is 0.264 e. The molecule has 6 rings (SSSR count). The summed E-state index contributed by atoms with van der Waals surface area (Å²) in [7, 11) is 3.54. The predicted octanol–water partition coefficient (Wildman–Crippen LogP) is 3.19. The number of fused-ring (bicyclic) bond motifs is 5. The van der Waals surface area contributed by atoms with Gasteiger partial charge in [0.05, 0.1) is 24.2 Å². The van der Waals surface area contributed by atoms with Crippen LogP contribution in [0, 0.1) is 0 Å². The lowest BCUT2D eigenvalue weighted by Gasteiger charge is -2.11. The predicted molar refractivity (Wildman–Crippen MR) is 100 cm³/mol. The van der Waals surface area contributed by atoms with Gasteiger partial charge >= 0.3 is 0 Å². The lowest BCUT2D eigenvalue weighted by Crippen LogP contribution is -2.01. The van der Waals surface area contributed by atoms with Crippen LogP contribution in [-0.4, -0.2) is 36.6 Å². The maximum Gasteiger partial charge on any atom is 0.264 e. The molecular formula is C20H17FN6O2. The molecule has 0 amide bonds. The van der Waals surface area contributed by atoms with Crippen LogP contribution in [0.3, 0.4) is 0 Å². The molecule has 4 heterocycles. The number of benzene rings is 1. The fraction of sp³-hybridized carbons (Fsp3) is 0.300. The first-order valence-electron chi connectivity index (χ1n) is 9.37. The average Bonchev–Trinajstić information content (AvgIpc) is 3.09. The summed E-state index contributed by atoms with van der Waals surface area (Å²) in [5, 5.41) is 8.67. The number of nitrogens with zero attached hydrogens (tertiary/aromatic N) is 6. The zero-order valence-corrected chi connectivity index (χ0v) is 15.9. The number of aryl methyl sites for hydroxylation is 1. The zero-order valence-electron chi connectivity index (χ0n) is 15.9. The molecule has 1 saturated carbocycles. The summed E-state index contributed by atoms with van der Waals surface area (Å²) in [6.07, 6.45) is 5.15. The lowest BCUT2D eigenvalue weighted by molar-refractivity contribution is 0.226. The van der Waals surface area contributed by atoms with E-state index in [1.807, 2.05) is 36.0 Å². The van der Waals surface area contributed by atoms with Gasteiger partial charge in [0.15, 0.2) is 5.67 Å². The van der Waals surface area contributed by atoms with Crippen LogP contribution >= 0.6 is 0 Å².